The lowest BCUT2D eigenvalue weighted by molar-refractivity contribution is -0.142. The van der Waals surface area contributed by atoms with Crippen molar-refractivity contribution in [2.45, 2.75) is 43.8 Å². The van der Waals surface area contributed by atoms with Crippen molar-refractivity contribution in [2.75, 3.05) is 6.54 Å². The average molecular weight is 514 g/mol. The Morgan fingerprint density at radius 1 is 0.811 bits per heavy atom. The molecule has 0 spiro atoms. The summed E-state index contributed by atoms with van der Waals surface area (Å²) in [5.41, 5.74) is 12.4. The molecule has 12 heteroatoms. The van der Waals surface area contributed by atoms with Gasteiger partial charge in [0.1, 0.15) is 17.8 Å². The minimum Gasteiger partial charge on any atom is -0.508 e. The van der Waals surface area contributed by atoms with E-state index in [4.69, 9.17) is 11.5 Å². The number of benzene rings is 2. The number of carbonyl (C=O) groups is 5. The van der Waals surface area contributed by atoms with Gasteiger partial charge in [0.2, 0.25) is 23.6 Å². The maximum absolute atomic E-state index is 12.8. The van der Waals surface area contributed by atoms with Crippen molar-refractivity contribution in [3.05, 3.63) is 65.7 Å². The minimum atomic E-state index is -1.28. The number of phenolic OH excluding ortho intramolecular Hbond substituents is 1. The SMILES string of the molecule is NC(=O)CCC(NC(=O)CNC(=O)C(N)Cc1ccc(O)cc1)C(=O)NC(Cc1ccccc1)C(=O)O. The summed E-state index contributed by atoms with van der Waals surface area (Å²) < 4.78 is 0. The van der Waals surface area contributed by atoms with Crippen molar-refractivity contribution in [2.24, 2.45) is 11.5 Å². The Labute approximate surface area is 213 Å². The van der Waals surface area contributed by atoms with Gasteiger partial charge in [0.25, 0.3) is 0 Å². The van der Waals surface area contributed by atoms with E-state index in [0.717, 1.165) is 0 Å². The fourth-order valence-electron chi connectivity index (χ4n) is 3.40. The molecule has 37 heavy (non-hydrogen) atoms. The molecule has 2 aromatic rings. The van der Waals surface area contributed by atoms with Crippen LogP contribution in [-0.4, -0.2) is 64.5 Å². The number of carbonyl (C=O) groups excluding carboxylic acids is 4. The molecule has 0 radical (unpaired) electrons. The Hall–Kier alpha value is -4.45. The molecule has 0 heterocycles. The Morgan fingerprint density at radius 2 is 1.43 bits per heavy atom. The number of aliphatic carboxylic acids is 1. The molecule has 0 saturated carbocycles. The van der Waals surface area contributed by atoms with Gasteiger partial charge in [-0.15, -0.1) is 0 Å². The van der Waals surface area contributed by atoms with Crippen LogP contribution in [0.15, 0.2) is 54.6 Å². The lowest BCUT2D eigenvalue weighted by atomic mass is 10.0. The van der Waals surface area contributed by atoms with Crippen LogP contribution >= 0.6 is 0 Å². The second kappa shape index (κ2) is 14.2. The molecular weight excluding hydrogens is 482 g/mol. The van der Waals surface area contributed by atoms with Crippen molar-refractivity contribution in [1.29, 1.82) is 0 Å². The highest BCUT2D eigenvalue weighted by atomic mass is 16.4. The third-order valence-corrected chi connectivity index (χ3v) is 5.38. The first kappa shape index (κ1) is 28.8. The fraction of sp³-hybridized carbons (Fsp3) is 0.320. The van der Waals surface area contributed by atoms with Gasteiger partial charge in [-0.25, -0.2) is 4.79 Å². The van der Waals surface area contributed by atoms with Gasteiger partial charge >= 0.3 is 5.97 Å². The number of rotatable bonds is 14. The summed E-state index contributed by atoms with van der Waals surface area (Å²) in [6.45, 7) is -0.505. The molecule has 0 saturated heterocycles. The van der Waals surface area contributed by atoms with Gasteiger partial charge in [-0.3, -0.25) is 19.2 Å². The Morgan fingerprint density at radius 3 is 2.03 bits per heavy atom. The quantitative estimate of drug-likeness (QED) is 0.165. The van der Waals surface area contributed by atoms with Gasteiger partial charge < -0.3 is 37.6 Å². The minimum absolute atomic E-state index is 0.00732. The second-order valence-corrected chi connectivity index (χ2v) is 8.41. The molecule has 198 valence electrons. The Balaban J connectivity index is 1.95. The molecule has 9 N–H and O–H groups in total. The maximum atomic E-state index is 12.8. The van der Waals surface area contributed by atoms with E-state index in [1.54, 1.807) is 42.5 Å². The smallest absolute Gasteiger partial charge is 0.326 e. The van der Waals surface area contributed by atoms with Crippen LogP contribution in [0.3, 0.4) is 0 Å². The topological polar surface area (TPSA) is 214 Å². The number of hydrogen-bond acceptors (Lipinski definition) is 7. The van der Waals surface area contributed by atoms with Crippen LogP contribution in [-0.2, 0) is 36.8 Å². The molecular formula is C25H31N5O7. The number of phenols is 1. The third kappa shape index (κ3) is 10.4. The Bertz CT molecular complexity index is 1090. The van der Waals surface area contributed by atoms with Gasteiger partial charge in [0, 0.05) is 12.8 Å². The summed E-state index contributed by atoms with van der Waals surface area (Å²) in [5.74, 6) is -4.08. The summed E-state index contributed by atoms with van der Waals surface area (Å²) in [6.07, 6.45) is -0.236. The number of amides is 4. The zero-order valence-electron chi connectivity index (χ0n) is 20.1. The van der Waals surface area contributed by atoms with Crippen LogP contribution in [0.4, 0.5) is 0 Å². The number of carboxylic acids is 1. The number of hydrogen-bond donors (Lipinski definition) is 7. The summed E-state index contributed by atoms with van der Waals surface area (Å²) in [5, 5.41) is 26.0. The molecule has 4 amide bonds. The highest BCUT2D eigenvalue weighted by Gasteiger charge is 2.27. The predicted molar refractivity (Wildman–Crippen MR) is 133 cm³/mol. The van der Waals surface area contributed by atoms with E-state index in [1.165, 1.54) is 12.1 Å². The molecule has 3 unspecified atom stereocenters. The van der Waals surface area contributed by atoms with Crippen LogP contribution < -0.4 is 27.4 Å². The predicted octanol–water partition coefficient (Wildman–Crippen LogP) is -1.06. The van der Waals surface area contributed by atoms with E-state index in [9.17, 15) is 34.2 Å². The lowest BCUT2D eigenvalue weighted by Crippen LogP contribution is -2.54. The summed E-state index contributed by atoms with van der Waals surface area (Å²) in [7, 11) is 0. The molecule has 12 nitrogen and oxygen atoms in total. The molecule has 0 aliphatic heterocycles. The van der Waals surface area contributed by atoms with E-state index in [2.05, 4.69) is 16.0 Å². The standard InChI is InChI=1S/C25H31N5O7/c26-18(12-16-6-8-17(31)9-7-16)23(34)28-14-22(33)29-19(10-11-21(27)32)24(35)30-20(25(36)37)13-15-4-2-1-3-5-15/h1-9,18-20,31H,10-14,26H2,(H2,27,32)(H,28,34)(H,29,33)(H,30,35)(H,36,37). The molecule has 2 aromatic carbocycles. The van der Waals surface area contributed by atoms with Crippen molar-refractivity contribution >= 4 is 29.6 Å². The highest BCUT2D eigenvalue weighted by Crippen LogP contribution is 2.11. The van der Waals surface area contributed by atoms with Crippen LogP contribution in [0.2, 0.25) is 0 Å². The van der Waals surface area contributed by atoms with E-state index in [0.29, 0.717) is 11.1 Å². The zero-order chi connectivity index (χ0) is 27.4. The molecule has 0 aliphatic rings. The van der Waals surface area contributed by atoms with Crippen LogP contribution in [0, 0.1) is 0 Å². The highest BCUT2D eigenvalue weighted by molar-refractivity contribution is 5.93. The van der Waals surface area contributed by atoms with Gasteiger partial charge in [-0.1, -0.05) is 42.5 Å². The monoisotopic (exact) mass is 513 g/mol. The summed E-state index contributed by atoms with van der Waals surface area (Å²) >= 11 is 0. The number of primary amides is 1. The van der Waals surface area contributed by atoms with Crippen molar-refractivity contribution in [1.82, 2.24) is 16.0 Å². The van der Waals surface area contributed by atoms with Crippen LogP contribution in [0.25, 0.3) is 0 Å². The Kier molecular flexibility index (Phi) is 11.0. The second-order valence-electron chi connectivity index (χ2n) is 8.41. The van der Waals surface area contributed by atoms with Crippen molar-refractivity contribution in [3.63, 3.8) is 0 Å². The molecule has 0 aliphatic carbocycles. The first-order chi connectivity index (χ1) is 17.5. The molecule has 2 rings (SSSR count). The first-order valence-electron chi connectivity index (χ1n) is 11.5. The van der Waals surface area contributed by atoms with Crippen LogP contribution in [0.5, 0.6) is 5.75 Å². The third-order valence-electron chi connectivity index (χ3n) is 5.38. The van der Waals surface area contributed by atoms with Gasteiger partial charge in [0.05, 0.1) is 12.6 Å². The lowest BCUT2D eigenvalue weighted by Gasteiger charge is -2.21. The normalized spacial score (nSPS) is 13.0. The van der Waals surface area contributed by atoms with E-state index in [-0.39, 0.29) is 31.4 Å². The number of nitrogens with two attached hydrogens (primary N) is 2. The van der Waals surface area contributed by atoms with E-state index >= 15 is 0 Å². The number of aromatic hydroxyl groups is 1. The van der Waals surface area contributed by atoms with Gasteiger partial charge in [-0.05, 0) is 36.1 Å². The molecule has 0 aromatic heterocycles. The molecule has 3 atom stereocenters. The van der Waals surface area contributed by atoms with E-state index in [1.807, 2.05) is 0 Å². The van der Waals surface area contributed by atoms with E-state index < -0.39 is 54.3 Å². The first-order valence-corrected chi connectivity index (χ1v) is 11.5. The van der Waals surface area contributed by atoms with Crippen molar-refractivity contribution in [3.8, 4) is 5.75 Å². The molecule has 0 bridgehead atoms. The average Bonchev–Trinajstić information content (AvgIpc) is 2.86. The van der Waals surface area contributed by atoms with Crippen molar-refractivity contribution < 1.29 is 34.2 Å². The molecule has 0 fully saturated rings. The van der Waals surface area contributed by atoms with Crippen LogP contribution in [0.1, 0.15) is 24.0 Å². The fourth-order valence-corrected chi connectivity index (χ4v) is 3.40. The summed E-state index contributed by atoms with van der Waals surface area (Å²) in [4.78, 5) is 60.4. The summed E-state index contributed by atoms with van der Waals surface area (Å²) in [6, 6.07) is 11.3. The number of carboxylic acid groups (broad SMARTS) is 1. The number of nitrogens with one attached hydrogen (secondary N) is 3. The van der Waals surface area contributed by atoms with Gasteiger partial charge in [-0.2, -0.15) is 0 Å². The maximum Gasteiger partial charge on any atom is 0.326 e. The van der Waals surface area contributed by atoms with Gasteiger partial charge in [0.15, 0.2) is 0 Å². The zero-order valence-corrected chi connectivity index (χ0v) is 20.1. The largest absolute Gasteiger partial charge is 0.508 e.